The fourth-order valence-electron chi connectivity index (χ4n) is 2.72. The molecule has 1 aromatic heterocycles. The molecule has 126 valence electrons. The van der Waals surface area contributed by atoms with Gasteiger partial charge in [0.2, 0.25) is 11.3 Å². The summed E-state index contributed by atoms with van der Waals surface area (Å²) in [4.78, 5) is 39.3. The Bertz CT molecular complexity index is 826. The lowest BCUT2D eigenvalue weighted by Crippen LogP contribution is -2.46. The number of benzene rings is 1. The van der Waals surface area contributed by atoms with Crippen molar-refractivity contribution in [2.24, 2.45) is 11.7 Å². The van der Waals surface area contributed by atoms with E-state index < -0.39 is 5.91 Å². The third-order valence-corrected chi connectivity index (χ3v) is 4.23. The summed E-state index contributed by atoms with van der Waals surface area (Å²) in [6, 6.07) is 6.90. The Morgan fingerprint density at radius 3 is 2.75 bits per heavy atom. The first-order valence-electron chi connectivity index (χ1n) is 7.98. The number of hydrogen-bond acceptors (Lipinski definition) is 4. The van der Waals surface area contributed by atoms with Crippen LogP contribution in [-0.2, 0) is 4.79 Å². The molecule has 0 bridgehead atoms. The smallest absolute Gasteiger partial charge is 0.257 e. The van der Waals surface area contributed by atoms with Crippen LogP contribution in [0, 0.1) is 5.92 Å². The van der Waals surface area contributed by atoms with Gasteiger partial charge in [-0.1, -0.05) is 12.1 Å². The maximum Gasteiger partial charge on any atom is 0.257 e. The van der Waals surface area contributed by atoms with Gasteiger partial charge in [0.1, 0.15) is 5.56 Å². The number of fused-ring (bicyclic) bond motifs is 1. The quantitative estimate of drug-likeness (QED) is 0.602. The summed E-state index contributed by atoms with van der Waals surface area (Å²) in [6.07, 6.45) is 3.51. The predicted molar refractivity (Wildman–Crippen MR) is 90.6 cm³/mol. The summed E-state index contributed by atoms with van der Waals surface area (Å²) in [5, 5.41) is 5.73. The molecule has 2 aromatic rings. The van der Waals surface area contributed by atoms with Gasteiger partial charge in [-0.2, -0.15) is 0 Å². The monoisotopic (exact) mass is 328 g/mol. The Morgan fingerprint density at radius 1 is 1.29 bits per heavy atom. The molecule has 1 aromatic carbocycles. The highest BCUT2D eigenvalue weighted by atomic mass is 16.2. The first-order chi connectivity index (χ1) is 11.6. The number of H-pyrrole nitrogens is 1. The van der Waals surface area contributed by atoms with Crippen molar-refractivity contribution in [2.45, 2.75) is 18.9 Å². The second-order valence-electron chi connectivity index (χ2n) is 6.01. The molecule has 1 heterocycles. The molecule has 1 aliphatic rings. The molecule has 5 N–H and O–H groups in total. The molecule has 0 aliphatic heterocycles. The van der Waals surface area contributed by atoms with Gasteiger partial charge < -0.3 is 21.4 Å². The molecule has 0 saturated heterocycles. The van der Waals surface area contributed by atoms with Crippen LogP contribution in [0.5, 0.6) is 0 Å². The molecule has 1 saturated carbocycles. The Morgan fingerprint density at radius 2 is 2.04 bits per heavy atom. The normalized spacial score (nSPS) is 15.0. The van der Waals surface area contributed by atoms with Gasteiger partial charge in [-0.3, -0.25) is 14.4 Å². The van der Waals surface area contributed by atoms with Gasteiger partial charge in [0.05, 0.1) is 6.54 Å². The Labute approximate surface area is 138 Å². The van der Waals surface area contributed by atoms with Crippen molar-refractivity contribution in [3.8, 4) is 0 Å². The van der Waals surface area contributed by atoms with Gasteiger partial charge in [-0.05, 0) is 30.9 Å². The minimum atomic E-state index is -0.576. The maximum absolute atomic E-state index is 12.3. The number of aromatic nitrogens is 1. The van der Waals surface area contributed by atoms with Gasteiger partial charge in [-0.25, -0.2) is 0 Å². The van der Waals surface area contributed by atoms with Gasteiger partial charge in [0.25, 0.3) is 5.91 Å². The van der Waals surface area contributed by atoms with Crippen LogP contribution in [0.15, 0.2) is 35.3 Å². The summed E-state index contributed by atoms with van der Waals surface area (Å²) >= 11 is 0. The number of amides is 2. The summed E-state index contributed by atoms with van der Waals surface area (Å²) < 4.78 is 0. The largest absolute Gasteiger partial charge is 0.360 e. The molecule has 1 unspecified atom stereocenters. The van der Waals surface area contributed by atoms with Crippen molar-refractivity contribution in [1.29, 1.82) is 0 Å². The maximum atomic E-state index is 12.3. The van der Waals surface area contributed by atoms with E-state index in [1.165, 1.54) is 6.20 Å². The van der Waals surface area contributed by atoms with Crippen molar-refractivity contribution in [1.82, 2.24) is 15.6 Å². The molecule has 1 fully saturated rings. The van der Waals surface area contributed by atoms with E-state index in [0.717, 1.165) is 12.8 Å². The molecule has 7 heteroatoms. The average Bonchev–Trinajstić information content (AvgIpc) is 3.43. The van der Waals surface area contributed by atoms with E-state index in [0.29, 0.717) is 23.4 Å². The van der Waals surface area contributed by atoms with Crippen LogP contribution in [-0.4, -0.2) is 35.9 Å². The second-order valence-corrected chi connectivity index (χ2v) is 6.01. The third-order valence-electron chi connectivity index (χ3n) is 4.23. The molecule has 2 amide bonds. The van der Waals surface area contributed by atoms with Crippen LogP contribution in [0.3, 0.4) is 0 Å². The standard InChI is InChI=1S/C17H20N4O3/c18-7-14(10-5-6-10)21-15(22)9-20-17(24)12-8-19-13-4-2-1-3-11(13)16(12)23/h1-4,8,10,14H,5-7,9,18H2,(H,19,23)(H,20,24)(H,21,22). The Hall–Kier alpha value is -2.67. The lowest BCUT2D eigenvalue weighted by Gasteiger charge is -2.16. The first-order valence-corrected chi connectivity index (χ1v) is 7.98. The summed E-state index contributed by atoms with van der Waals surface area (Å²) in [7, 11) is 0. The van der Waals surface area contributed by atoms with Crippen LogP contribution in [0.1, 0.15) is 23.2 Å². The van der Waals surface area contributed by atoms with E-state index in [1.54, 1.807) is 24.3 Å². The Balaban J connectivity index is 1.63. The number of para-hydroxylation sites is 1. The SMILES string of the molecule is NCC(NC(=O)CNC(=O)c1c[nH]c2ccccc2c1=O)C1CC1. The fourth-order valence-corrected chi connectivity index (χ4v) is 2.72. The van der Waals surface area contributed by atoms with Gasteiger partial charge in [0, 0.05) is 29.7 Å². The van der Waals surface area contributed by atoms with E-state index in [-0.39, 0.29) is 29.5 Å². The lowest BCUT2D eigenvalue weighted by atomic mass is 10.1. The van der Waals surface area contributed by atoms with Gasteiger partial charge in [-0.15, -0.1) is 0 Å². The molecule has 3 rings (SSSR count). The van der Waals surface area contributed by atoms with Crippen LogP contribution in [0.2, 0.25) is 0 Å². The van der Waals surface area contributed by atoms with Crippen molar-refractivity contribution < 1.29 is 9.59 Å². The number of nitrogens with one attached hydrogen (secondary N) is 3. The molecule has 24 heavy (non-hydrogen) atoms. The minimum absolute atomic E-state index is 0.0148. The lowest BCUT2D eigenvalue weighted by molar-refractivity contribution is -0.120. The molecule has 1 aliphatic carbocycles. The molecule has 1 atom stereocenters. The van der Waals surface area contributed by atoms with E-state index >= 15 is 0 Å². The highest BCUT2D eigenvalue weighted by Gasteiger charge is 2.31. The number of aromatic amines is 1. The summed E-state index contributed by atoms with van der Waals surface area (Å²) in [5.41, 5.74) is 5.92. The molecule has 0 spiro atoms. The molecular formula is C17H20N4O3. The summed E-state index contributed by atoms with van der Waals surface area (Å²) in [5.74, 6) is -0.436. The average molecular weight is 328 g/mol. The number of pyridine rings is 1. The van der Waals surface area contributed by atoms with Crippen molar-refractivity contribution in [3.05, 3.63) is 46.2 Å². The van der Waals surface area contributed by atoms with Crippen molar-refractivity contribution in [3.63, 3.8) is 0 Å². The van der Waals surface area contributed by atoms with Crippen LogP contribution >= 0.6 is 0 Å². The highest BCUT2D eigenvalue weighted by Crippen LogP contribution is 2.32. The topological polar surface area (TPSA) is 117 Å². The first kappa shape index (κ1) is 16.2. The number of carbonyl (C=O) groups excluding carboxylic acids is 2. The number of nitrogens with two attached hydrogens (primary N) is 1. The van der Waals surface area contributed by atoms with Crippen LogP contribution in [0.4, 0.5) is 0 Å². The van der Waals surface area contributed by atoms with Crippen LogP contribution in [0.25, 0.3) is 10.9 Å². The third kappa shape index (κ3) is 3.46. The predicted octanol–water partition coefficient (Wildman–Crippen LogP) is 0.111. The molecule has 0 radical (unpaired) electrons. The van der Waals surface area contributed by atoms with Crippen molar-refractivity contribution >= 4 is 22.7 Å². The van der Waals surface area contributed by atoms with Crippen molar-refractivity contribution in [2.75, 3.05) is 13.1 Å². The number of hydrogen-bond donors (Lipinski definition) is 4. The van der Waals surface area contributed by atoms with Crippen LogP contribution < -0.4 is 21.8 Å². The molecular weight excluding hydrogens is 308 g/mol. The fraction of sp³-hybridized carbons (Fsp3) is 0.353. The van der Waals surface area contributed by atoms with E-state index in [2.05, 4.69) is 15.6 Å². The zero-order chi connectivity index (χ0) is 17.1. The summed E-state index contributed by atoms with van der Waals surface area (Å²) in [6.45, 7) is 0.197. The number of rotatable bonds is 6. The minimum Gasteiger partial charge on any atom is -0.360 e. The second kappa shape index (κ2) is 6.84. The number of carbonyl (C=O) groups is 2. The van der Waals surface area contributed by atoms with Gasteiger partial charge >= 0.3 is 0 Å². The van der Waals surface area contributed by atoms with Gasteiger partial charge in [0.15, 0.2) is 0 Å². The van der Waals surface area contributed by atoms with E-state index in [4.69, 9.17) is 5.73 Å². The zero-order valence-corrected chi connectivity index (χ0v) is 13.2. The Kier molecular flexibility index (Phi) is 4.61. The highest BCUT2D eigenvalue weighted by molar-refractivity contribution is 5.98. The zero-order valence-electron chi connectivity index (χ0n) is 13.2. The van der Waals surface area contributed by atoms with E-state index in [1.807, 2.05) is 0 Å². The molecule has 7 nitrogen and oxygen atoms in total. The van der Waals surface area contributed by atoms with E-state index in [9.17, 15) is 14.4 Å².